The van der Waals surface area contributed by atoms with Crippen LogP contribution < -0.4 is 24.8 Å². The quantitative estimate of drug-likeness (QED) is 0.494. The van der Waals surface area contributed by atoms with Gasteiger partial charge in [0.2, 0.25) is 0 Å². The molecule has 0 atom stereocenters. The van der Waals surface area contributed by atoms with Crippen molar-refractivity contribution in [2.75, 3.05) is 18.6 Å². The van der Waals surface area contributed by atoms with E-state index in [0.29, 0.717) is 11.3 Å². The molecule has 3 rings (SSSR count). The lowest BCUT2D eigenvalue weighted by molar-refractivity contribution is -0.307. The molecule has 0 radical (unpaired) electrons. The fourth-order valence-corrected chi connectivity index (χ4v) is 2.94. The molecule has 1 fully saturated rings. The SMILES string of the molecule is COc1cc(/C=C2\C(=O)NC(=O)N(c3ccc(Br)cc3)C2=O)ccc1OCC(=O)[O-]. The Kier molecular flexibility index (Phi) is 6.17. The number of nitrogens with one attached hydrogen (secondary N) is 1. The van der Waals surface area contributed by atoms with Gasteiger partial charge in [0.25, 0.3) is 11.8 Å². The largest absolute Gasteiger partial charge is 0.546 e. The second-order valence-corrected chi connectivity index (χ2v) is 6.92. The van der Waals surface area contributed by atoms with Gasteiger partial charge in [0.05, 0.1) is 18.8 Å². The van der Waals surface area contributed by atoms with E-state index in [1.807, 2.05) is 0 Å². The summed E-state index contributed by atoms with van der Waals surface area (Å²) in [7, 11) is 1.35. The number of urea groups is 1. The number of aliphatic carboxylic acids is 1. The van der Waals surface area contributed by atoms with E-state index < -0.39 is 30.4 Å². The lowest BCUT2D eigenvalue weighted by Gasteiger charge is -2.26. The van der Waals surface area contributed by atoms with Crippen LogP contribution in [0, 0.1) is 0 Å². The van der Waals surface area contributed by atoms with Gasteiger partial charge >= 0.3 is 6.03 Å². The molecule has 154 valence electrons. The molecule has 1 saturated heterocycles. The third kappa shape index (κ3) is 4.49. The van der Waals surface area contributed by atoms with Gasteiger partial charge in [-0.1, -0.05) is 22.0 Å². The maximum atomic E-state index is 12.9. The Morgan fingerprint density at radius 2 is 1.83 bits per heavy atom. The molecule has 1 aliphatic heterocycles. The number of halogens is 1. The number of carboxylic acid groups (broad SMARTS) is 1. The van der Waals surface area contributed by atoms with Gasteiger partial charge in [0, 0.05) is 4.47 Å². The molecular weight excluding hydrogens is 460 g/mol. The summed E-state index contributed by atoms with van der Waals surface area (Å²) in [6, 6.07) is 9.96. The molecule has 10 heteroatoms. The number of hydrogen-bond acceptors (Lipinski definition) is 7. The topological polar surface area (TPSA) is 125 Å². The molecule has 0 unspecified atom stereocenters. The van der Waals surface area contributed by atoms with E-state index in [2.05, 4.69) is 21.2 Å². The Morgan fingerprint density at radius 1 is 1.13 bits per heavy atom. The first-order valence-electron chi connectivity index (χ1n) is 8.48. The third-order valence-corrected chi connectivity index (χ3v) is 4.56. The maximum Gasteiger partial charge on any atom is 0.335 e. The first-order chi connectivity index (χ1) is 14.3. The number of carbonyl (C=O) groups is 4. The lowest BCUT2D eigenvalue weighted by Crippen LogP contribution is -2.54. The summed E-state index contributed by atoms with van der Waals surface area (Å²) >= 11 is 3.28. The molecule has 0 saturated carbocycles. The van der Waals surface area contributed by atoms with Gasteiger partial charge < -0.3 is 19.4 Å². The summed E-state index contributed by atoms with van der Waals surface area (Å²) in [6.07, 6.45) is 1.29. The highest BCUT2D eigenvalue weighted by Gasteiger charge is 2.36. The maximum absolute atomic E-state index is 12.9. The van der Waals surface area contributed by atoms with Crippen LogP contribution in [-0.4, -0.2) is 37.5 Å². The third-order valence-electron chi connectivity index (χ3n) is 4.03. The highest BCUT2D eigenvalue weighted by Crippen LogP contribution is 2.30. The van der Waals surface area contributed by atoms with Crippen molar-refractivity contribution in [3.05, 3.63) is 58.1 Å². The summed E-state index contributed by atoms with van der Waals surface area (Å²) < 4.78 is 11.0. The predicted molar refractivity (Wildman–Crippen MR) is 107 cm³/mol. The molecule has 4 amide bonds. The average molecular weight is 474 g/mol. The zero-order chi connectivity index (χ0) is 21.8. The number of carbonyl (C=O) groups excluding carboxylic acids is 4. The predicted octanol–water partition coefficient (Wildman–Crippen LogP) is 1.25. The standard InChI is InChI=1S/C20H15BrN2O7/c1-29-16-9-11(2-7-15(16)30-10-17(24)25)8-14-18(26)22-20(28)23(19(14)27)13-5-3-12(21)4-6-13/h2-9H,10H2,1H3,(H,24,25)(H,22,26,28)/p-1/b14-8+. The van der Waals surface area contributed by atoms with E-state index in [-0.39, 0.29) is 17.1 Å². The fourth-order valence-electron chi connectivity index (χ4n) is 2.68. The van der Waals surface area contributed by atoms with E-state index in [0.717, 1.165) is 9.37 Å². The average Bonchev–Trinajstić information content (AvgIpc) is 2.71. The van der Waals surface area contributed by atoms with Crippen LogP contribution in [-0.2, 0) is 14.4 Å². The van der Waals surface area contributed by atoms with Crippen LogP contribution in [0.1, 0.15) is 5.56 Å². The number of imide groups is 2. The van der Waals surface area contributed by atoms with Crippen molar-refractivity contribution in [2.45, 2.75) is 0 Å². The van der Waals surface area contributed by atoms with Crippen LogP contribution in [0.5, 0.6) is 11.5 Å². The van der Waals surface area contributed by atoms with Crippen molar-refractivity contribution in [3.63, 3.8) is 0 Å². The highest BCUT2D eigenvalue weighted by molar-refractivity contribution is 9.10. The Balaban J connectivity index is 1.94. The number of methoxy groups -OCH3 is 1. The van der Waals surface area contributed by atoms with Crippen LogP contribution >= 0.6 is 15.9 Å². The second-order valence-electron chi connectivity index (χ2n) is 6.01. The minimum atomic E-state index is -1.40. The molecule has 1 heterocycles. The Bertz CT molecular complexity index is 1060. The zero-order valence-electron chi connectivity index (χ0n) is 15.5. The number of benzene rings is 2. The number of ether oxygens (including phenoxy) is 2. The molecular formula is C20H14BrN2O7-. The van der Waals surface area contributed by atoms with Crippen molar-refractivity contribution in [3.8, 4) is 11.5 Å². The molecule has 0 aliphatic carbocycles. The van der Waals surface area contributed by atoms with Gasteiger partial charge in [-0.15, -0.1) is 0 Å². The van der Waals surface area contributed by atoms with Crippen molar-refractivity contribution in [2.24, 2.45) is 0 Å². The van der Waals surface area contributed by atoms with Crippen molar-refractivity contribution in [1.82, 2.24) is 5.32 Å². The molecule has 1 aliphatic rings. The normalized spacial score (nSPS) is 15.2. The van der Waals surface area contributed by atoms with Gasteiger partial charge in [0.1, 0.15) is 12.2 Å². The molecule has 9 nitrogen and oxygen atoms in total. The molecule has 0 spiro atoms. The summed E-state index contributed by atoms with van der Waals surface area (Å²) in [5.41, 5.74) is 0.432. The lowest BCUT2D eigenvalue weighted by atomic mass is 10.1. The van der Waals surface area contributed by atoms with Gasteiger partial charge in [-0.3, -0.25) is 14.9 Å². The van der Waals surface area contributed by atoms with E-state index in [9.17, 15) is 24.3 Å². The van der Waals surface area contributed by atoms with Crippen LogP contribution in [0.3, 0.4) is 0 Å². The summed E-state index contributed by atoms with van der Waals surface area (Å²) in [5.74, 6) is -2.69. The van der Waals surface area contributed by atoms with Gasteiger partial charge in [-0.25, -0.2) is 9.69 Å². The van der Waals surface area contributed by atoms with Gasteiger partial charge in [0.15, 0.2) is 11.5 Å². The number of barbiturate groups is 1. The Labute approximate surface area is 179 Å². The van der Waals surface area contributed by atoms with Crippen LogP contribution in [0.4, 0.5) is 10.5 Å². The van der Waals surface area contributed by atoms with E-state index in [4.69, 9.17) is 9.47 Å². The fraction of sp³-hybridized carbons (Fsp3) is 0.100. The summed E-state index contributed by atoms with van der Waals surface area (Å²) in [5, 5.41) is 12.7. The molecule has 0 aromatic heterocycles. The monoisotopic (exact) mass is 473 g/mol. The van der Waals surface area contributed by atoms with Crippen LogP contribution in [0.15, 0.2) is 52.5 Å². The van der Waals surface area contributed by atoms with Crippen molar-refractivity contribution >= 4 is 51.5 Å². The number of rotatable bonds is 6. The first-order valence-corrected chi connectivity index (χ1v) is 9.27. The van der Waals surface area contributed by atoms with E-state index in [1.165, 1.54) is 31.4 Å². The van der Waals surface area contributed by atoms with E-state index in [1.54, 1.807) is 24.3 Å². The second kappa shape index (κ2) is 8.78. The Hall–Kier alpha value is -3.66. The van der Waals surface area contributed by atoms with E-state index >= 15 is 0 Å². The molecule has 30 heavy (non-hydrogen) atoms. The minimum Gasteiger partial charge on any atom is -0.546 e. The molecule has 1 N–H and O–H groups in total. The summed E-state index contributed by atoms with van der Waals surface area (Å²) in [4.78, 5) is 48.8. The Morgan fingerprint density at radius 3 is 2.47 bits per heavy atom. The number of anilines is 1. The highest BCUT2D eigenvalue weighted by atomic mass is 79.9. The zero-order valence-corrected chi connectivity index (χ0v) is 17.1. The number of nitrogens with zero attached hydrogens (tertiary/aromatic N) is 1. The van der Waals surface area contributed by atoms with Crippen LogP contribution in [0.25, 0.3) is 6.08 Å². The first kappa shape index (κ1) is 21.1. The smallest absolute Gasteiger partial charge is 0.335 e. The van der Waals surface area contributed by atoms with Gasteiger partial charge in [-0.05, 0) is 48.0 Å². The van der Waals surface area contributed by atoms with Crippen molar-refractivity contribution in [1.29, 1.82) is 0 Å². The van der Waals surface area contributed by atoms with Crippen molar-refractivity contribution < 1.29 is 33.8 Å². The van der Waals surface area contributed by atoms with Crippen LogP contribution in [0.2, 0.25) is 0 Å². The summed E-state index contributed by atoms with van der Waals surface area (Å²) in [6.45, 7) is -0.665. The minimum absolute atomic E-state index is 0.148. The molecule has 0 bridgehead atoms. The molecule has 2 aromatic carbocycles. The number of carboxylic acids is 1. The molecule has 2 aromatic rings. The number of amides is 4. The number of hydrogen-bond donors (Lipinski definition) is 1. The van der Waals surface area contributed by atoms with Gasteiger partial charge in [-0.2, -0.15) is 0 Å².